The molecule has 1 amide bonds. The quantitative estimate of drug-likeness (QED) is 0.623. The van der Waals surface area contributed by atoms with Crippen LogP contribution in [0.4, 0.5) is 4.79 Å². The number of ether oxygens (including phenoxy) is 1. The standard InChI is InChI=1S/C11H18ClN3O2/c1-8(15-9(12)7-13-5)6-14-10(16)17-11(2,3)4/h7H,5-6H2,1-4H3,(H,14,16)/b9-7-,15-8+. The molecule has 0 heterocycles. The average Bonchev–Trinajstić information content (AvgIpc) is 2.12. The summed E-state index contributed by atoms with van der Waals surface area (Å²) in [6.07, 6.45) is 0.826. The van der Waals surface area contributed by atoms with Gasteiger partial charge < -0.3 is 10.1 Å². The molecule has 0 saturated heterocycles. The predicted molar refractivity (Wildman–Crippen MR) is 70.8 cm³/mol. The Balaban J connectivity index is 4.17. The summed E-state index contributed by atoms with van der Waals surface area (Å²) in [5.41, 5.74) is 0.125. The third kappa shape index (κ3) is 9.56. The van der Waals surface area contributed by atoms with Gasteiger partial charge in [0.1, 0.15) is 10.8 Å². The number of alkyl carbamates (subject to hydrolysis) is 1. The van der Waals surface area contributed by atoms with Gasteiger partial charge in [0.25, 0.3) is 0 Å². The number of nitrogens with zero attached hydrogens (tertiary/aromatic N) is 2. The molecule has 0 saturated carbocycles. The molecule has 0 bridgehead atoms. The van der Waals surface area contributed by atoms with Crippen LogP contribution in [0, 0.1) is 0 Å². The van der Waals surface area contributed by atoms with Crippen molar-refractivity contribution in [3.8, 4) is 0 Å². The van der Waals surface area contributed by atoms with Gasteiger partial charge in [-0.3, -0.25) is 4.99 Å². The maximum atomic E-state index is 11.3. The molecule has 0 atom stereocenters. The van der Waals surface area contributed by atoms with E-state index in [4.69, 9.17) is 16.3 Å². The van der Waals surface area contributed by atoms with E-state index in [0.717, 1.165) is 0 Å². The van der Waals surface area contributed by atoms with Crippen LogP contribution >= 0.6 is 11.6 Å². The SMILES string of the molecule is C=N/C=C(Cl)\N=C(/C)CNC(=O)OC(C)(C)C. The molecule has 1 N–H and O–H groups in total. The van der Waals surface area contributed by atoms with Crippen LogP contribution in [-0.4, -0.2) is 30.7 Å². The smallest absolute Gasteiger partial charge is 0.407 e. The van der Waals surface area contributed by atoms with Gasteiger partial charge in [-0.1, -0.05) is 11.6 Å². The number of carbonyl (C=O) groups excluding carboxylic acids is 1. The molecule has 6 heteroatoms. The number of hydrogen-bond donors (Lipinski definition) is 1. The number of aliphatic imine (C=N–C) groups is 2. The van der Waals surface area contributed by atoms with Gasteiger partial charge >= 0.3 is 6.09 Å². The number of nitrogens with one attached hydrogen (secondary N) is 1. The average molecular weight is 260 g/mol. The summed E-state index contributed by atoms with van der Waals surface area (Å²) < 4.78 is 5.06. The zero-order chi connectivity index (χ0) is 13.5. The highest BCUT2D eigenvalue weighted by atomic mass is 35.5. The fourth-order valence-corrected chi connectivity index (χ4v) is 1.05. The molecule has 0 unspecified atom stereocenters. The van der Waals surface area contributed by atoms with Crippen LogP contribution in [0.3, 0.4) is 0 Å². The van der Waals surface area contributed by atoms with Gasteiger partial charge in [0, 0.05) is 5.71 Å². The van der Waals surface area contributed by atoms with E-state index in [1.807, 2.05) is 0 Å². The van der Waals surface area contributed by atoms with Gasteiger partial charge in [-0.15, -0.1) is 0 Å². The third-order valence-electron chi connectivity index (χ3n) is 1.38. The summed E-state index contributed by atoms with van der Waals surface area (Å²) in [6.45, 7) is 10.6. The van der Waals surface area contributed by atoms with Crippen molar-refractivity contribution in [3.05, 3.63) is 11.4 Å². The monoisotopic (exact) mass is 259 g/mol. The minimum absolute atomic E-state index is 0.212. The van der Waals surface area contributed by atoms with E-state index in [9.17, 15) is 4.79 Å². The second-order valence-electron chi connectivity index (χ2n) is 4.34. The zero-order valence-corrected chi connectivity index (χ0v) is 11.3. The van der Waals surface area contributed by atoms with Crippen LogP contribution in [0.25, 0.3) is 0 Å². The van der Waals surface area contributed by atoms with Crippen molar-refractivity contribution in [1.29, 1.82) is 0 Å². The summed E-state index contributed by atoms with van der Waals surface area (Å²) >= 11 is 5.69. The molecule has 0 aromatic rings. The van der Waals surface area contributed by atoms with E-state index in [-0.39, 0.29) is 11.7 Å². The molecule has 0 aromatic heterocycles. The number of hydrogen-bond acceptors (Lipinski definition) is 4. The minimum Gasteiger partial charge on any atom is -0.444 e. The number of halogens is 1. The second-order valence-corrected chi connectivity index (χ2v) is 4.72. The molecule has 17 heavy (non-hydrogen) atoms. The van der Waals surface area contributed by atoms with Crippen molar-refractivity contribution in [2.75, 3.05) is 6.54 Å². The summed E-state index contributed by atoms with van der Waals surface area (Å²) in [5.74, 6) is 0. The summed E-state index contributed by atoms with van der Waals surface area (Å²) in [6, 6.07) is 0. The molecule has 96 valence electrons. The van der Waals surface area contributed by atoms with Crippen molar-refractivity contribution in [2.24, 2.45) is 9.98 Å². The van der Waals surface area contributed by atoms with Crippen LogP contribution in [0.5, 0.6) is 0 Å². The van der Waals surface area contributed by atoms with E-state index in [1.165, 1.54) is 6.20 Å². The van der Waals surface area contributed by atoms with E-state index in [1.54, 1.807) is 27.7 Å². The highest BCUT2D eigenvalue weighted by molar-refractivity contribution is 6.30. The maximum absolute atomic E-state index is 11.3. The molecule has 0 rings (SSSR count). The second kappa shape index (κ2) is 7.06. The van der Waals surface area contributed by atoms with Gasteiger partial charge in [0.15, 0.2) is 0 Å². The summed E-state index contributed by atoms with van der Waals surface area (Å²) in [4.78, 5) is 18.8. The number of amides is 1. The molecule has 0 radical (unpaired) electrons. The highest BCUT2D eigenvalue weighted by Crippen LogP contribution is 2.06. The number of rotatable bonds is 4. The Bertz CT molecular complexity index is 343. The number of carbonyl (C=O) groups is 1. The first-order chi connectivity index (χ1) is 7.74. The zero-order valence-electron chi connectivity index (χ0n) is 10.6. The first-order valence-corrected chi connectivity index (χ1v) is 5.45. The lowest BCUT2D eigenvalue weighted by Crippen LogP contribution is -2.34. The largest absolute Gasteiger partial charge is 0.444 e. The Labute approximate surface area is 107 Å². The van der Waals surface area contributed by atoms with Crippen LogP contribution in [0.1, 0.15) is 27.7 Å². The Morgan fingerprint density at radius 1 is 1.53 bits per heavy atom. The van der Waals surface area contributed by atoms with E-state index < -0.39 is 11.7 Å². The minimum atomic E-state index is -0.514. The lowest BCUT2D eigenvalue weighted by Gasteiger charge is -2.19. The van der Waals surface area contributed by atoms with Gasteiger partial charge in [-0.05, 0) is 34.4 Å². The normalized spacial score (nSPS) is 13.2. The molecule has 0 fully saturated rings. The Morgan fingerprint density at radius 3 is 2.59 bits per heavy atom. The third-order valence-corrected chi connectivity index (χ3v) is 1.57. The molecule has 0 aliphatic heterocycles. The highest BCUT2D eigenvalue weighted by Gasteiger charge is 2.15. The van der Waals surface area contributed by atoms with E-state index >= 15 is 0 Å². The van der Waals surface area contributed by atoms with Crippen LogP contribution < -0.4 is 5.32 Å². The van der Waals surface area contributed by atoms with Crippen molar-refractivity contribution in [2.45, 2.75) is 33.3 Å². The van der Waals surface area contributed by atoms with Gasteiger partial charge in [-0.25, -0.2) is 9.79 Å². The fourth-order valence-electron chi connectivity index (χ4n) is 0.840. The van der Waals surface area contributed by atoms with Crippen LogP contribution in [0.15, 0.2) is 21.3 Å². The van der Waals surface area contributed by atoms with Gasteiger partial charge in [0.2, 0.25) is 0 Å². The van der Waals surface area contributed by atoms with Crippen LogP contribution in [-0.2, 0) is 4.74 Å². The Hall–Kier alpha value is -1.36. The molecule has 0 aliphatic carbocycles. The van der Waals surface area contributed by atoms with Gasteiger partial charge in [-0.2, -0.15) is 0 Å². The first kappa shape index (κ1) is 15.6. The molecule has 5 nitrogen and oxygen atoms in total. The molecular formula is C11H18ClN3O2. The summed E-state index contributed by atoms with van der Waals surface area (Å²) in [7, 11) is 0. The van der Waals surface area contributed by atoms with Crippen molar-refractivity contribution in [1.82, 2.24) is 5.32 Å². The van der Waals surface area contributed by atoms with Gasteiger partial charge in [0.05, 0.1) is 12.7 Å². The molecule has 0 aromatic carbocycles. The maximum Gasteiger partial charge on any atom is 0.407 e. The summed E-state index contributed by atoms with van der Waals surface area (Å²) in [5, 5.41) is 2.77. The Morgan fingerprint density at radius 2 is 2.12 bits per heavy atom. The predicted octanol–water partition coefficient (Wildman–Crippen LogP) is 2.71. The van der Waals surface area contributed by atoms with Crippen molar-refractivity contribution < 1.29 is 9.53 Å². The molecular weight excluding hydrogens is 242 g/mol. The molecule has 0 aliphatic rings. The van der Waals surface area contributed by atoms with E-state index in [0.29, 0.717) is 5.71 Å². The first-order valence-electron chi connectivity index (χ1n) is 5.07. The van der Waals surface area contributed by atoms with Crippen molar-refractivity contribution in [3.63, 3.8) is 0 Å². The Kier molecular flexibility index (Phi) is 6.50. The fraction of sp³-hybridized carbons (Fsp3) is 0.545. The van der Waals surface area contributed by atoms with Crippen molar-refractivity contribution >= 4 is 30.1 Å². The lowest BCUT2D eigenvalue weighted by atomic mass is 10.2. The molecule has 0 spiro atoms. The van der Waals surface area contributed by atoms with Crippen LogP contribution in [0.2, 0.25) is 0 Å². The van der Waals surface area contributed by atoms with E-state index in [2.05, 4.69) is 22.0 Å². The topological polar surface area (TPSA) is 63.0 Å². The lowest BCUT2D eigenvalue weighted by molar-refractivity contribution is 0.0536.